The van der Waals surface area contributed by atoms with E-state index in [4.69, 9.17) is 19.1 Å². The Morgan fingerprint density at radius 3 is 2.73 bits per heavy atom. The molecule has 5 atom stereocenters. The van der Waals surface area contributed by atoms with E-state index in [1.54, 1.807) is 15.0 Å². The van der Waals surface area contributed by atoms with Gasteiger partial charge < -0.3 is 24.2 Å². The zero-order chi connectivity index (χ0) is 11.5. The molecule has 0 aromatic carbocycles. The summed E-state index contributed by atoms with van der Waals surface area (Å²) in [6.45, 7) is 0.256. The number of hydrogen-bond donors (Lipinski definition) is 2. The summed E-state index contributed by atoms with van der Waals surface area (Å²) in [6.07, 6.45) is -0.573. The lowest BCUT2D eigenvalue weighted by Gasteiger charge is -2.31. The SMILES string of the molecule is BC1OC(COC)[C@@H](OP)[C@]1(O)CCO. The van der Waals surface area contributed by atoms with Crippen LogP contribution in [0.5, 0.6) is 0 Å². The Hall–Kier alpha value is 0.295. The average molecular weight is 236 g/mol. The first kappa shape index (κ1) is 13.4. The summed E-state index contributed by atoms with van der Waals surface area (Å²) in [5.74, 6) is 0. The molecule has 15 heavy (non-hydrogen) atoms. The molecule has 5 nitrogen and oxygen atoms in total. The standard InChI is InChI=1S/C8H18BO5P/c1-12-4-5-6(14-15)8(11,2-3-10)7(9)13-5/h5-7,10-11H,2-4,9,15H2,1H3/t5?,6-,7?,8-/m1/s1. The maximum Gasteiger partial charge on any atom is 0.143 e. The average Bonchev–Trinajstić information content (AvgIpc) is 2.40. The van der Waals surface area contributed by atoms with Crippen LogP contribution in [-0.2, 0) is 14.0 Å². The van der Waals surface area contributed by atoms with Crippen molar-refractivity contribution in [3.05, 3.63) is 0 Å². The predicted molar refractivity (Wildman–Crippen MR) is 60.3 cm³/mol. The maximum atomic E-state index is 10.3. The van der Waals surface area contributed by atoms with E-state index in [1.807, 2.05) is 0 Å². The van der Waals surface area contributed by atoms with E-state index in [1.165, 1.54) is 0 Å². The molecule has 0 amide bonds. The van der Waals surface area contributed by atoms with Gasteiger partial charge in [-0.3, -0.25) is 0 Å². The Balaban J connectivity index is 2.77. The zero-order valence-corrected chi connectivity index (χ0v) is 10.2. The highest BCUT2D eigenvalue weighted by Gasteiger charge is 2.53. The minimum Gasteiger partial charge on any atom is -0.396 e. The van der Waals surface area contributed by atoms with Crippen LogP contribution in [0.1, 0.15) is 6.42 Å². The molecule has 0 saturated carbocycles. The van der Waals surface area contributed by atoms with Crippen molar-refractivity contribution < 1.29 is 24.2 Å². The first-order valence-electron chi connectivity index (χ1n) is 4.93. The Morgan fingerprint density at radius 2 is 2.27 bits per heavy atom. The van der Waals surface area contributed by atoms with Crippen molar-refractivity contribution in [1.29, 1.82) is 0 Å². The normalized spacial score (nSPS) is 40.9. The Labute approximate surface area is 92.8 Å². The van der Waals surface area contributed by atoms with Crippen molar-refractivity contribution in [2.24, 2.45) is 0 Å². The molecular weight excluding hydrogens is 218 g/mol. The summed E-state index contributed by atoms with van der Waals surface area (Å²) < 4.78 is 15.7. The van der Waals surface area contributed by atoms with E-state index >= 15 is 0 Å². The largest absolute Gasteiger partial charge is 0.396 e. The first-order valence-corrected chi connectivity index (χ1v) is 5.40. The smallest absolute Gasteiger partial charge is 0.143 e. The third kappa shape index (κ3) is 2.52. The molecule has 0 aromatic heterocycles. The fourth-order valence-electron chi connectivity index (χ4n) is 2.03. The lowest BCUT2D eigenvalue weighted by atomic mass is 9.78. The molecule has 1 aliphatic rings. The van der Waals surface area contributed by atoms with Crippen molar-refractivity contribution in [3.63, 3.8) is 0 Å². The van der Waals surface area contributed by atoms with E-state index in [0.29, 0.717) is 6.61 Å². The molecule has 2 N–H and O–H groups in total. The van der Waals surface area contributed by atoms with Gasteiger partial charge in [0, 0.05) is 29.6 Å². The van der Waals surface area contributed by atoms with Gasteiger partial charge in [0.05, 0.1) is 12.6 Å². The van der Waals surface area contributed by atoms with Gasteiger partial charge in [-0.2, -0.15) is 0 Å². The van der Waals surface area contributed by atoms with Crippen molar-refractivity contribution in [2.75, 3.05) is 20.3 Å². The molecule has 0 aliphatic carbocycles. The fraction of sp³-hybridized carbons (Fsp3) is 1.00. The van der Waals surface area contributed by atoms with Crippen molar-refractivity contribution >= 4 is 17.3 Å². The quantitative estimate of drug-likeness (QED) is 0.439. The van der Waals surface area contributed by atoms with Gasteiger partial charge in [0.1, 0.15) is 25.7 Å². The van der Waals surface area contributed by atoms with Gasteiger partial charge in [0.15, 0.2) is 0 Å². The highest BCUT2D eigenvalue weighted by molar-refractivity contribution is 7.09. The van der Waals surface area contributed by atoms with Crippen LogP contribution in [0.3, 0.4) is 0 Å². The Morgan fingerprint density at radius 1 is 1.60 bits per heavy atom. The topological polar surface area (TPSA) is 68.2 Å². The van der Waals surface area contributed by atoms with Crippen LogP contribution in [0, 0.1) is 0 Å². The summed E-state index contributed by atoms with van der Waals surface area (Å²) in [5.41, 5.74) is -1.15. The minimum absolute atomic E-state index is 0.103. The highest BCUT2D eigenvalue weighted by Crippen LogP contribution is 2.35. The number of aliphatic hydroxyl groups is 2. The van der Waals surface area contributed by atoms with E-state index in [2.05, 4.69) is 9.47 Å². The molecule has 0 radical (unpaired) electrons. The number of aliphatic hydroxyl groups excluding tert-OH is 1. The second-order valence-electron chi connectivity index (χ2n) is 3.79. The Bertz CT molecular complexity index is 207. The van der Waals surface area contributed by atoms with Crippen LogP contribution in [0.25, 0.3) is 0 Å². The number of rotatable bonds is 5. The van der Waals surface area contributed by atoms with Gasteiger partial charge in [-0.15, -0.1) is 0 Å². The molecule has 0 spiro atoms. The van der Waals surface area contributed by atoms with Crippen LogP contribution in [-0.4, -0.2) is 62.2 Å². The third-order valence-electron chi connectivity index (χ3n) is 2.90. The maximum absolute atomic E-state index is 10.3. The summed E-state index contributed by atoms with van der Waals surface area (Å²) in [4.78, 5) is 0. The van der Waals surface area contributed by atoms with Crippen LogP contribution >= 0.6 is 9.47 Å². The molecule has 0 bridgehead atoms. The van der Waals surface area contributed by atoms with Crippen molar-refractivity contribution in [3.8, 4) is 0 Å². The van der Waals surface area contributed by atoms with Gasteiger partial charge in [-0.1, -0.05) is 0 Å². The van der Waals surface area contributed by atoms with E-state index in [-0.39, 0.29) is 25.1 Å². The molecule has 1 fully saturated rings. The number of hydrogen-bond acceptors (Lipinski definition) is 5. The number of ether oxygens (including phenoxy) is 2. The molecule has 1 heterocycles. The van der Waals surface area contributed by atoms with Gasteiger partial charge in [0.2, 0.25) is 0 Å². The van der Waals surface area contributed by atoms with E-state index in [0.717, 1.165) is 0 Å². The molecule has 88 valence electrons. The lowest BCUT2D eigenvalue weighted by molar-refractivity contribution is -0.0568. The molecule has 3 unspecified atom stereocenters. The van der Waals surface area contributed by atoms with E-state index in [9.17, 15) is 5.11 Å². The van der Waals surface area contributed by atoms with E-state index < -0.39 is 11.7 Å². The first-order chi connectivity index (χ1) is 7.10. The van der Waals surface area contributed by atoms with Gasteiger partial charge in [-0.05, 0) is 0 Å². The zero-order valence-electron chi connectivity index (χ0n) is 9.05. The monoisotopic (exact) mass is 236 g/mol. The second kappa shape index (κ2) is 5.57. The van der Waals surface area contributed by atoms with Crippen molar-refractivity contribution in [2.45, 2.75) is 30.2 Å². The fourth-order valence-corrected chi connectivity index (χ4v) is 2.44. The summed E-state index contributed by atoms with van der Waals surface area (Å²) in [7, 11) is 5.46. The van der Waals surface area contributed by atoms with Gasteiger partial charge >= 0.3 is 0 Å². The minimum atomic E-state index is -1.15. The van der Waals surface area contributed by atoms with Crippen LogP contribution in [0.15, 0.2) is 0 Å². The third-order valence-corrected chi connectivity index (χ3v) is 3.20. The van der Waals surface area contributed by atoms with Crippen LogP contribution in [0.2, 0.25) is 0 Å². The Kier molecular flexibility index (Phi) is 4.96. The summed E-state index contributed by atoms with van der Waals surface area (Å²) in [6, 6.07) is -0.379. The van der Waals surface area contributed by atoms with Crippen LogP contribution < -0.4 is 0 Å². The van der Waals surface area contributed by atoms with Crippen molar-refractivity contribution in [1.82, 2.24) is 0 Å². The highest BCUT2D eigenvalue weighted by atomic mass is 31.0. The number of methoxy groups -OCH3 is 1. The lowest BCUT2D eigenvalue weighted by Crippen LogP contribution is -2.49. The molecule has 0 aromatic rings. The second-order valence-corrected chi connectivity index (χ2v) is 4.07. The molecule has 1 aliphatic heterocycles. The van der Waals surface area contributed by atoms with Crippen LogP contribution in [0.4, 0.5) is 0 Å². The molecule has 7 heteroatoms. The molecular formula is C8H18BO5P. The van der Waals surface area contributed by atoms with Gasteiger partial charge in [0.25, 0.3) is 0 Å². The summed E-state index contributed by atoms with van der Waals surface area (Å²) in [5, 5.41) is 19.3. The summed E-state index contributed by atoms with van der Waals surface area (Å²) >= 11 is 0. The van der Waals surface area contributed by atoms with Gasteiger partial charge in [-0.25, -0.2) is 0 Å². The molecule has 1 saturated heterocycles. The molecule has 1 rings (SSSR count). The predicted octanol–water partition coefficient (Wildman–Crippen LogP) is -1.72.